The fourth-order valence-corrected chi connectivity index (χ4v) is 4.63. The highest BCUT2D eigenvalue weighted by Crippen LogP contribution is 2.40. The second-order valence-electron chi connectivity index (χ2n) is 6.63. The van der Waals surface area contributed by atoms with Gasteiger partial charge in [-0.15, -0.1) is 0 Å². The van der Waals surface area contributed by atoms with E-state index in [4.69, 9.17) is 4.74 Å². The third-order valence-electron chi connectivity index (χ3n) is 5.06. The molecule has 0 aliphatic heterocycles. The van der Waals surface area contributed by atoms with Crippen molar-refractivity contribution in [1.29, 1.82) is 0 Å². The van der Waals surface area contributed by atoms with Crippen LogP contribution in [0, 0.1) is 11.8 Å². The van der Waals surface area contributed by atoms with Gasteiger partial charge >= 0.3 is 0 Å². The Kier molecular flexibility index (Phi) is 5.56. The van der Waals surface area contributed by atoms with Crippen LogP contribution in [0.2, 0.25) is 0 Å². The summed E-state index contributed by atoms with van der Waals surface area (Å²) in [6, 6.07) is 0. The first-order chi connectivity index (χ1) is 8.69. The van der Waals surface area contributed by atoms with Crippen LogP contribution < -0.4 is 0 Å². The molecule has 2 aliphatic rings. The second-order valence-corrected chi connectivity index (χ2v) is 7.19. The molecule has 0 bridgehead atoms. The molecule has 0 aromatic heterocycles. The van der Waals surface area contributed by atoms with Gasteiger partial charge in [-0.05, 0) is 37.5 Å². The summed E-state index contributed by atoms with van der Waals surface area (Å²) in [6.45, 7) is 4.72. The zero-order valence-corrected chi connectivity index (χ0v) is 13.7. The average molecular weight is 317 g/mol. The summed E-state index contributed by atoms with van der Waals surface area (Å²) < 4.78 is 6.70. The number of hydrogen-bond acceptors (Lipinski definition) is 1. The number of ether oxygens (including phenoxy) is 1. The van der Waals surface area contributed by atoms with Crippen LogP contribution in [0.15, 0.2) is 0 Å². The molecule has 0 saturated heterocycles. The van der Waals surface area contributed by atoms with Crippen molar-refractivity contribution in [1.82, 2.24) is 0 Å². The largest absolute Gasteiger partial charge is 0.371 e. The van der Waals surface area contributed by atoms with Crippen LogP contribution in [0.1, 0.15) is 71.6 Å². The van der Waals surface area contributed by atoms with E-state index in [2.05, 4.69) is 29.8 Å². The van der Waals surface area contributed by atoms with Gasteiger partial charge in [0.25, 0.3) is 0 Å². The number of halogens is 1. The Hall–Kier alpha value is 0.440. The van der Waals surface area contributed by atoms with Crippen molar-refractivity contribution < 1.29 is 4.74 Å². The first-order valence-corrected chi connectivity index (χ1v) is 9.05. The van der Waals surface area contributed by atoms with Gasteiger partial charge in [0.2, 0.25) is 0 Å². The zero-order valence-electron chi connectivity index (χ0n) is 12.1. The lowest BCUT2D eigenvalue weighted by Gasteiger charge is -2.44. The van der Waals surface area contributed by atoms with Crippen LogP contribution in [-0.4, -0.2) is 17.0 Å². The molecule has 0 N–H and O–H groups in total. The highest BCUT2D eigenvalue weighted by molar-refractivity contribution is 9.09. The SMILES string of the molecule is CCC1CCCCC1OC1(CBr)CCCC(C)C1. The van der Waals surface area contributed by atoms with Crippen LogP contribution in [0.25, 0.3) is 0 Å². The summed E-state index contributed by atoms with van der Waals surface area (Å²) in [4.78, 5) is 0. The molecule has 106 valence electrons. The van der Waals surface area contributed by atoms with Crippen molar-refractivity contribution in [3.05, 3.63) is 0 Å². The molecule has 4 unspecified atom stereocenters. The lowest BCUT2D eigenvalue weighted by atomic mass is 9.78. The maximum absolute atomic E-state index is 6.70. The highest BCUT2D eigenvalue weighted by atomic mass is 79.9. The predicted molar refractivity (Wildman–Crippen MR) is 81.3 cm³/mol. The van der Waals surface area contributed by atoms with Crippen molar-refractivity contribution in [2.75, 3.05) is 5.33 Å². The quantitative estimate of drug-likeness (QED) is 0.638. The van der Waals surface area contributed by atoms with Crippen molar-refractivity contribution in [2.24, 2.45) is 11.8 Å². The van der Waals surface area contributed by atoms with Gasteiger partial charge in [-0.25, -0.2) is 0 Å². The van der Waals surface area contributed by atoms with E-state index in [1.807, 2.05) is 0 Å². The predicted octanol–water partition coefficient (Wildman–Crippen LogP) is 5.32. The molecule has 2 rings (SSSR count). The molecular weight excluding hydrogens is 288 g/mol. The lowest BCUT2D eigenvalue weighted by molar-refractivity contribution is -0.136. The van der Waals surface area contributed by atoms with Crippen molar-refractivity contribution >= 4 is 15.9 Å². The Morgan fingerprint density at radius 3 is 2.61 bits per heavy atom. The Balaban J connectivity index is 1.99. The Bertz CT molecular complexity index is 255. The second kappa shape index (κ2) is 6.74. The summed E-state index contributed by atoms with van der Waals surface area (Å²) in [6.07, 6.45) is 12.5. The van der Waals surface area contributed by atoms with Crippen LogP contribution >= 0.6 is 15.9 Å². The summed E-state index contributed by atoms with van der Waals surface area (Å²) >= 11 is 3.74. The zero-order chi connectivity index (χ0) is 13.0. The summed E-state index contributed by atoms with van der Waals surface area (Å²) in [5.74, 6) is 1.65. The van der Waals surface area contributed by atoms with Gasteiger partial charge in [-0.3, -0.25) is 0 Å². The van der Waals surface area contributed by atoms with E-state index in [0.717, 1.165) is 17.2 Å². The van der Waals surface area contributed by atoms with Crippen molar-refractivity contribution in [3.63, 3.8) is 0 Å². The molecule has 18 heavy (non-hydrogen) atoms. The number of alkyl halides is 1. The fraction of sp³-hybridized carbons (Fsp3) is 1.00. The monoisotopic (exact) mass is 316 g/mol. The fourth-order valence-electron chi connectivity index (χ4n) is 3.99. The van der Waals surface area contributed by atoms with Gasteiger partial charge in [0.15, 0.2) is 0 Å². The van der Waals surface area contributed by atoms with Crippen molar-refractivity contribution in [2.45, 2.75) is 83.3 Å². The van der Waals surface area contributed by atoms with Crippen molar-refractivity contribution in [3.8, 4) is 0 Å². The lowest BCUT2D eigenvalue weighted by Crippen LogP contribution is -2.45. The van der Waals surface area contributed by atoms with Gasteiger partial charge in [-0.2, -0.15) is 0 Å². The van der Waals surface area contributed by atoms with E-state index >= 15 is 0 Å². The van der Waals surface area contributed by atoms with Gasteiger partial charge < -0.3 is 4.74 Å². The smallest absolute Gasteiger partial charge is 0.0785 e. The third kappa shape index (κ3) is 3.50. The minimum atomic E-state index is 0.146. The molecule has 0 aromatic rings. The van der Waals surface area contributed by atoms with Crippen LogP contribution in [0.4, 0.5) is 0 Å². The maximum atomic E-state index is 6.70. The normalized spacial score (nSPS) is 41.8. The van der Waals surface area contributed by atoms with Gasteiger partial charge in [0.1, 0.15) is 0 Å². The van der Waals surface area contributed by atoms with E-state index in [1.54, 1.807) is 0 Å². The molecule has 0 heterocycles. The molecule has 2 aliphatic carbocycles. The van der Waals surface area contributed by atoms with E-state index in [1.165, 1.54) is 57.8 Å². The van der Waals surface area contributed by atoms with Gasteiger partial charge in [-0.1, -0.05) is 61.9 Å². The Morgan fingerprint density at radius 1 is 1.17 bits per heavy atom. The molecule has 4 atom stereocenters. The minimum absolute atomic E-state index is 0.146. The molecule has 2 fully saturated rings. The van der Waals surface area contributed by atoms with Gasteiger partial charge in [0.05, 0.1) is 11.7 Å². The van der Waals surface area contributed by atoms with E-state index in [0.29, 0.717) is 6.10 Å². The summed E-state index contributed by atoms with van der Waals surface area (Å²) in [5.41, 5.74) is 0.146. The standard InChI is InChI=1S/C16H29BrO/c1-3-14-8-4-5-9-15(14)18-16(12-17)10-6-7-13(2)11-16/h13-15H,3-12H2,1-2H3. The van der Waals surface area contributed by atoms with Crippen LogP contribution in [-0.2, 0) is 4.74 Å². The molecule has 0 aromatic carbocycles. The number of hydrogen-bond donors (Lipinski definition) is 0. The van der Waals surface area contributed by atoms with E-state index < -0.39 is 0 Å². The molecule has 0 amide bonds. The molecule has 1 nitrogen and oxygen atoms in total. The third-order valence-corrected chi connectivity index (χ3v) is 6.08. The van der Waals surface area contributed by atoms with E-state index in [-0.39, 0.29) is 5.60 Å². The first kappa shape index (κ1) is 14.8. The molecule has 2 heteroatoms. The first-order valence-electron chi connectivity index (χ1n) is 7.93. The van der Waals surface area contributed by atoms with E-state index in [9.17, 15) is 0 Å². The molecule has 2 saturated carbocycles. The highest BCUT2D eigenvalue weighted by Gasteiger charge is 2.39. The molecule has 0 spiro atoms. The Morgan fingerprint density at radius 2 is 1.94 bits per heavy atom. The maximum Gasteiger partial charge on any atom is 0.0785 e. The number of rotatable bonds is 4. The summed E-state index contributed by atoms with van der Waals surface area (Å²) in [7, 11) is 0. The minimum Gasteiger partial charge on any atom is -0.371 e. The van der Waals surface area contributed by atoms with Crippen LogP contribution in [0.3, 0.4) is 0 Å². The molecule has 0 radical (unpaired) electrons. The van der Waals surface area contributed by atoms with Crippen LogP contribution in [0.5, 0.6) is 0 Å². The topological polar surface area (TPSA) is 9.23 Å². The molecular formula is C16H29BrO. The van der Waals surface area contributed by atoms with Gasteiger partial charge in [0, 0.05) is 5.33 Å². The summed E-state index contributed by atoms with van der Waals surface area (Å²) in [5, 5.41) is 1.03. The average Bonchev–Trinajstić information content (AvgIpc) is 2.39. The Labute approximate surface area is 121 Å².